The highest BCUT2D eigenvalue weighted by Gasteiger charge is 2.29. The van der Waals surface area contributed by atoms with Gasteiger partial charge in [0.25, 0.3) is 0 Å². The predicted molar refractivity (Wildman–Crippen MR) is 114 cm³/mol. The van der Waals surface area contributed by atoms with Crippen molar-refractivity contribution in [3.05, 3.63) is 28.8 Å². The Balaban J connectivity index is 1.47. The van der Waals surface area contributed by atoms with Crippen molar-refractivity contribution in [2.45, 2.75) is 58.4 Å². The Morgan fingerprint density at radius 1 is 1.07 bits per heavy atom. The van der Waals surface area contributed by atoms with Crippen molar-refractivity contribution in [3.63, 3.8) is 0 Å². The van der Waals surface area contributed by atoms with E-state index in [0.29, 0.717) is 16.1 Å². The van der Waals surface area contributed by atoms with E-state index >= 15 is 0 Å². The lowest BCUT2D eigenvalue weighted by Crippen LogP contribution is -2.46. The van der Waals surface area contributed by atoms with Crippen LogP contribution in [0.25, 0.3) is 0 Å². The molecule has 27 heavy (non-hydrogen) atoms. The zero-order chi connectivity index (χ0) is 19.6. The second-order valence-electron chi connectivity index (χ2n) is 9.30. The van der Waals surface area contributed by atoms with Crippen LogP contribution in [-0.4, -0.2) is 42.5 Å². The van der Waals surface area contributed by atoms with Crippen LogP contribution in [0.3, 0.4) is 0 Å². The maximum absolute atomic E-state index is 11.3. The van der Waals surface area contributed by atoms with Crippen molar-refractivity contribution in [2.75, 3.05) is 31.1 Å². The molecule has 0 aliphatic carbocycles. The number of rotatable bonds is 4. The molecule has 1 amide bonds. The fourth-order valence-corrected chi connectivity index (χ4v) is 4.91. The van der Waals surface area contributed by atoms with Gasteiger partial charge in [-0.2, -0.15) is 0 Å². The van der Waals surface area contributed by atoms with E-state index in [2.05, 4.69) is 30.6 Å². The second-order valence-corrected chi connectivity index (χ2v) is 9.70. The molecule has 0 saturated carbocycles. The van der Waals surface area contributed by atoms with E-state index in [1.54, 1.807) is 6.07 Å². The summed E-state index contributed by atoms with van der Waals surface area (Å²) in [6.45, 7) is 11.6. The van der Waals surface area contributed by atoms with E-state index in [4.69, 9.17) is 17.3 Å². The number of nitrogens with zero attached hydrogens (tertiary/aromatic N) is 2. The van der Waals surface area contributed by atoms with E-state index in [1.807, 2.05) is 12.1 Å². The molecule has 3 rings (SSSR count). The molecule has 1 aromatic carbocycles. The lowest BCUT2D eigenvalue weighted by atomic mass is 9.82. The lowest BCUT2D eigenvalue weighted by Gasteiger charge is -2.42. The highest BCUT2D eigenvalue weighted by Crippen LogP contribution is 2.33. The molecule has 2 fully saturated rings. The summed E-state index contributed by atoms with van der Waals surface area (Å²) in [5.41, 5.74) is 7.15. The van der Waals surface area contributed by atoms with Gasteiger partial charge in [-0.3, -0.25) is 9.69 Å². The first-order chi connectivity index (χ1) is 12.7. The van der Waals surface area contributed by atoms with Gasteiger partial charge >= 0.3 is 0 Å². The van der Waals surface area contributed by atoms with Gasteiger partial charge in [-0.05, 0) is 96.0 Å². The molecule has 2 saturated heterocycles. The number of nitrogens with two attached hydrogens (primary N) is 1. The van der Waals surface area contributed by atoms with E-state index < -0.39 is 5.91 Å². The lowest BCUT2D eigenvalue weighted by molar-refractivity contribution is 0.0792. The third-order valence-corrected chi connectivity index (χ3v) is 6.74. The van der Waals surface area contributed by atoms with Crippen molar-refractivity contribution < 1.29 is 4.79 Å². The molecule has 1 aromatic rings. The minimum absolute atomic E-state index is 0.307. The van der Waals surface area contributed by atoms with Crippen molar-refractivity contribution in [1.82, 2.24) is 4.90 Å². The monoisotopic (exact) mass is 391 g/mol. The number of carbonyl (C=O) groups excluding carboxylic acids is 1. The van der Waals surface area contributed by atoms with Crippen molar-refractivity contribution >= 4 is 23.2 Å². The number of primary amides is 1. The van der Waals surface area contributed by atoms with Crippen molar-refractivity contribution in [1.29, 1.82) is 0 Å². The van der Waals surface area contributed by atoms with Gasteiger partial charge in [0.15, 0.2) is 0 Å². The first-order valence-corrected chi connectivity index (χ1v) is 10.7. The van der Waals surface area contributed by atoms with Gasteiger partial charge in [0.05, 0.1) is 10.6 Å². The Hall–Kier alpha value is -1.26. The summed E-state index contributed by atoms with van der Waals surface area (Å²) in [7, 11) is 0. The minimum atomic E-state index is -0.470. The maximum Gasteiger partial charge on any atom is 0.250 e. The molecular weight excluding hydrogens is 358 g/mol. The van der Waals surface area contributed by atoms with Crippen LogP contribution in [0.4, 0.5) is 5.69 Å². The Morgan fingerprint density at radius 2 is 1.63 bits per heavy atom. The number of halogens is 1. The summed E-state index contributed by atoms with van der Waals surface area (Å²) in [4.78, 5) is 16.4. The quantitative estimate of drug-likeness (QED) is 0.818. The third-order valence-electron chi connectivity index (χ3n) is 6.43. The first kappa shape index (κ1) is 20.5. The molecular formula is C22H34ClN3O. The summed E-state index contributed by atoms with van der Waals surface area (Å²) in [5.74, 6) is 1.26. The highest BCUT2D eigenvalue weighted by atomic mass is 35.5. The average Bonchev–Trinajstić information content (AvgIpc) is 2.61. The normalized spacial score (nSPS) is 20.8. The van der Waals surface area contributed by atoms with Crippen LogP contribution in [0.2, 0.25) is 5.02 Å². The molecule has 2 N–H and O–H groups in total. The standard InChI is InChI=1S/C22H34ClN3O/c1-22(2,3)26-12-8-17(9-13-26)14-16-6-10-25(11-7-16)18-4-5-19(21(24)27)20(23)15-18/h4-5,15-17H,6-14H2,1-3H3,(H2,24,27). The molecule has 0 atom stereocenters. The average molecular weight is 392 g/mol. The zero-order valence-corrected chi connectivity index (χ0v) is 17.8. The molecule has 0 aromatic heterocycles. The van der Waals surface area contributed by atoms with Crippen LogP contribution in [0.1, 0.15) is 63.2 Å². The number of anilines is 1. The maximum atomic E-state index is 11.3. The molecule has 2 aliphatic heterocycles. The fraction of sp³-hybridized carbons (Fsp3) is 0.682. The summed E-state index contributed by atoms with van der Waals surface area (Å²) >= 11 is 6.21. The molecule has 5 heteroatoms. The largest absolute Gasteiger partial charge is 0.371 e. The summed E-state index contributed by atoms with van der Waals surface area (Å²) in [6, 6.07) is 5.59. The van der Waals surface area contributed by atoms with Gasteiger partial charge in [0, 0.05) is 24.3 Å². The molecule has 0 unspecified atom stereocenters. The number of benzene rings is 1. The van der Waals surface area contributed by atoms with Crippen LogP contribution in [0, 0.1) is 11.8 Å². The van der Waals surface area contributed by atoms with Crippen LogP contribution < -0.4 is 10.6 Å². The van der Waals surface area contributed by atoms with Crippen LogP contribution in [-0.2, 0) is 0 Å². The number of amides is 1. The van der Waals surface area contributed by atoms with Gasteiger partial charge in [-0.25, -0.2) is 0 Å². The summed E-state index contributed by atoms with van der Waals surface area (Å²) in [5, 5.41) is 0.452. The topological polar surface area (TPSA) is 49.6 Å². The first-order valence-electron chi connectivity index (χ1n) is 10.3. The zero-order valence-electron chi connectivity index (χ0n) is 17.0. The third kappa shape index (κ3) is 5.17. The van der Waals surface area contributed by atoms with Crippen molar-refractivity contribution in [3.8, 4) is 0 Å². The smallest absolute Gasteiger partial charge is 0.250 e. The van der Waals surface area contributed by atoms with Gasteiger partial charge < -0.3 is 10.6 Å². The predicted octanol–water partition coefficient (Wildman–Crippen LogP) is 4.56. The molecule has 4 nitrogen and oxygen atoms in total. The second kappa shape index (κ2) is 8.40. The van der Waals surface area contributed by atoms with Crippen LogP contribution in [0.5, 0.6) is 0 Å². The van der Waals surface area contributed by atoms with E-state index in [-0.39, 0.29) is 0 Å². The number of hydrogen-bond acceptors (Lipinski definition) is 3. The number of hydrogen-bond donors (Lipinski definition) is 1. The van der Waals surface area contributed by atoms with E-state index in [9.17, 15) is 4.79 Å². The Kier molecular flexibility index (Phi) is 6.37. The number of piperidine rings is 2. The Morgan fingerprint density at radius 3 is 2.11 bits per heavy atom. The molecule has 2 heterocycles. The molecule has 150 valence electrons. The van der Waals surface area contributed by atoms with Crippen molar-refractivity contribution in [2.24, 2.45) is 17.6 Å². The molecule has 2 aliphatic rings. The Bertz CT molecular complexity index is 654. The molecule has 0 bridgehead atoms. The van der Waals surface area contributed by atoms with Crippen LogP contribution in [0.15, 0.2) is 18.2 Å². The van der Waals surface area contributed by atoms with Gasteiger partial charge in [0.1, 0.15) is 0 Å². The molecule has 0 spiro atoms. The fourth-order valence-electron chi connectivity index (χ4n) is 4.64. The number of likely N-dealkylation sites (tertiary alicyclic amines) is 1. The summed E-state index contributed by atoms with van der Waals surface area (Å²) < 4.78 is 0. The number of carbonyl (C=O) groups is 1. The Labute approximate surface area is 169 Å². The SMILES string of the molecule is CC(C)(C)N1CCC(CC2CCN(c3ccc(C(N)=O)c(Cl)c3)CC2)CC1. The van der Waals surface area contributed by atoms with Crippen LogP contribution >= 0.6 is 11.6 Å². The minimum Gasteiger partial charge on any atom is -0.371 e. The van der Waals surface area contributed by atoms with E-state index in [1.165, 1.54) is 45.2 Å². The molecule has 0 radical (unpaired) electrons. The van der Waals surface area contributed by atoms with Gasteiger partial charge in [-0.15, -0.1) is 0 Å². The van der Waals surface area contributed by atoms with E-state index in [0.717, 1.165) is 30.6 Å². The van der Waals surface area contributed by atoms with Gasteiger partial charge in [-0.1, -0.05) is 11.6 Å². The summed E-state index contributed by atoms with van der Waals surface area (Å²) in [6.07, 6.45) is 6.57. The van der Waals surface area contributed by atoms with Gasteiger partial charge in [0.2, 0.25) is 5.91 Å². The highest BCUT2D eigenvalue weighted by molar-refractivity contribution is 6.34.